The van der Waals surface area contributed by atoms with Crippen molar-refractivity contribution in [2.24, 2.45) is 0 Å². The molecular weight excluding hydrogens is 426 g/mol. The summed E-state index contributed by atoms with van der Waals surface area (Å²) in [4.78, 5) is 32.3. The van der Waals surface area contributed by atoms with Crippen molar-refractivity contribution in [3.8, 4) is 0 Å². The van der Waals surface area contributed by atoms with E-state index in [9.17, 15) is 9.59 Å². The fourth-order valence-corrected chi connectivity index (χ4v) is 4.96. The molecule has 0 bridgehead atoms. The zero-order valence-corrected chi connectivity index (χ0v) is 18.9. The fourth-order valence-electron chi connectivity index (χ4n) is 4.96. The van der Waals surface area contributed by atoms with Crippen LogP contribution in [0.1, 0.15) is 34.6 Å². The smallest absolute Gasteiger partial charge is 0.280 e. The normalized spacial score (nSPS) is 15.1. The van der Waals surface area contributed by atoms with Crippen molar-refractivity contribution in [2.75, 3.05) is 10.7 Å². The summed E-state index contributed by atoms with van der Waals surface area (Å²) in [5, 5.41) is 1.86. The van der Waals surface area contributed by atoms with Gasteiger partial charge in [0, 0.05) is 5.56 Å². The van der Waals surface area contributed by atoms with Gasteiger partial charge in [0.25, 0.3) is 11.5 Å². The molecule has 0 spiro atoms. The number of nitrogen functional groups attached to an aromatic ring is 1. The molecule has 1 aliphatic carbocycles. The minimum Gasteiger partial charge on any atom is -0.385 e. The minimum atomic E-state index is -0.292. The number of amides is 1. The van der Waals surface area contributed by atoms with Gasteiger partial charge >= 0.3 is 0 Å². The average Bonchev–Trinajstić information content (AvgIpc) is 3.10. The molecule has 2 aromatic carbocycles. The van der Waals surface area contributed by atoms with E-state index >= 15 is 0 Å². The van der Waals surface area contributed by atoms with Gasteiger partial charge in [-0.1, -0.05) is 48.0 Å². The van der Waals surface area contributed by atoms with Crippen molar-refractivity contribution in [1.82, 2.24) is 14.2 Å². The second kappa shape index (κ2) is 7.31. The Kier molecular flexibility index (Phi) is 4.35. The number of benzene rings is 2. The van der Waals surface area contributed by atoms with Gasteiger partial charge in [-0.3, -0.25) is 14.2 Å². The number of hydrogen-bond acceptors (Lipinski definition) is 4. The van der Waals surface area contributed by atoms with E-state index in [0.29, 0.717) is 33.8 Å². The molecule has 2 aliphatic rings. The highest BCUT2D eigenvalue weighted by molar-refractivity contribution is 6.26. The first-order valence-electron chi connectivity index (χ1n) is 11.3. The Balaban J connectivity index is 1.69. The Morgan fingerprint density at radius 3 is 2.59 bits per heavy atom. The number of hydrogen-bond donors (Lipinski definition) is 1. The number of allylic oxidation sites excluding steroid dienone is 1. The Bertz CT molecular complexity index is 1620. The van der Waals surface area contributed by atoms with Crippen molar-refractivity contribution < 1.29 is 4.79 Å². The van der Waals surface area contributed by atoms with E-state index in [1.165, 1.54) is 9.69 Å². The van der Waals surface area contributed by atoms with Crippen LogP contribution in [0.15, 0.2) is 71.7 Å². The van der Waals surface area contributed by atoms with Gasteiger partial charge in [0.05, 0.1) is 34.1 Å². The molecule has 1 aliphatic heterocycles. The summed E-state index contributed by atoms with van der Waals surface area (Å²) in [6.07, 6.45) is 5.18. The highest BCUT2D eigenvalue weighted by Gasteiger charge is 2.34. The molecule has 2 aromatic heterocycles. The summed E-state index contributed by atoms with van der Waals surface area (Å²) in [5.41, 5.74) is 11.7. The number of anilines is 1. The lowest BCUT2D eigenvalue weighted by Crippen LogP contribution is -2.44. The van der Waals surface area contributed by atoms with Gasteiger partial charge < -0.3 is 5.73 Å². The van der Waals surface area contributed by atoms with Crippen molar-refractivity contribution in [3.63, 3.8) is 0 Å². The lowest BCUT2D eigenvalue weighted by Gasteiger charge is -2.23. The van der Waals surface area contributed by atoms with E-state index in [1.54, 1.807) is 13.1 Å². The number of carbonyl (C=O) groups is 1. The van der Waals surface area contributed by atoms with Crippen LogP contribution in [0.3, 0.4) is 0 Å². The van der Waals surface area contributed by atoms with Crippen LogP contribution in [0.4, 0.5) is 5.82 Å². The van der Waals surface area contributed by atoms with Crippen LogP contribution >= 0.6 is 0 Å². The van der Waals surface area contributed by atoms with E-state index in [2.05, 4.69) is 4.98 Å². The van der Waals surface area contributed by atoms with Crippen LogP contribution in [0.25, 0.3) is 22.2 Å². The third-order valence-corrected chi connectivity index (χ3v) is 6.50. The summed E-state index contributed by atoms with van der Waals surface area (Å²) >= 11 is 0. The van der Waals surface area contributed by atoms with Gasteiger partial charge in [-0.2, -0.15) is 4.68 Å². The molecule has 168 valence electrons. The third-order valence-electron chi connectivity index (χ3n) is 6.50. The highest BCUT2D eigenvalue weighted by Crippen LogP contribution is 2.38. The van der Waals surface area contributed by atoms with Crippen molar-refractivity contribution in [1.29, 1.82) is 0 Å². The van der Waals surface area contributed by atoms with Gasteiger partial charge in [-0.05, 0) is 50.5 Å². The average molecular weight is 450 g/mol. The molecule has 7 nitrogen and oxygen atoms in total. The first-order chi connectivity index (χ1) is 16.4. The number of nitrogens with two attached hydrogens (primary N) is 1. The van der Waals surface area contributed by atoms with Crippen molar-refractivity contribution in [2.45, 2.75) is 26.7 Å². The van der Waals surface area contributed by atoms with Crippen LogP contribution < -0.4 is 16.3 Å². The second-order valence-corrected chi connectivity index (χ2v) is 8.76. The number of aromatic nitrogens is 3. The summed E-state index contributed by atoms with van der Waals surface area (Å²) in [5.74, 6) is 0.693. The van der Waals surface area contributed by atoms with E-state index < -0.39 is 0 Å². The van der Waals surface area contributed by atoms with Crippen LogP contribution in [-0.2, 0) is 11.2 Å². The highest BCUT2D eigenvalue weighted by atomic mass is 16.2. The van der Waals surface area contributed by atoms with E-state index in [1.807, 2.05) is 72.2 Å². The molecule has 7 heteroatoms. The molecule has 6 rings (SSSR count). The quantitative estimate of drug-likeness (QED) is 0.505. The first kappa shape index (κ1) is 20.2. The maximum Gasteiger partial charge on any atom is 0.280 e. The predicted molar refractivity (Wildman–Crippen MR) is 134 cm³/mol. The first-order valence-corrected chi connectivity index (χ1v) is 11.3. The van der Waals surface area contributed by atoms with E-state index in [4.69, 9.17) is 5.73 Å². The fraction of sp³-hybridized carbons (Fsp3) is 0.148. The van der Waals surface area contributed by atoms with E-state index in [0.717, 1.165) is 35.2 Å². The minimum absolute atomic E-state index is 0.287. The third kappa shape index (κ3) is 2.86. The molecule has 0 saturated heterocycles. The van der Waals surface area contributed by atoms with Gasteiger partial charge in [-0.25, -0.2) is 9.99 Å². The zero-order valence-electron chi connectivity index (χ0n) is 18.9. The largest absolute Gasteiger partial charge is 0.385 e. The zero-order chi connectivity index (χ0) is 23.6. The second-order valence-electron chi connectivity index (χ2n) is 8.76. The maximum absolute atomic E-state index is 14.0. The van der Waals surface area contributed by atoms with Crippen LogP contribution in [0.5, 0.6) is 0 Å². The molecule has 0 saturated carbocycles. The Morgan fingerprint density at radius 1 is 1.00 bits per heavy atom. The number of carbonyl (C=O) groups excluding carboxylic acids is 1. The molecular formula is C27H23N5O2. The molecule has 0 unspecified atom stereocenters. The van der Waals surface area contributed by atoms with Crippen LogP contribution in [0.2, 0.25) is 0 Å². The standard InChI is InChI=1S/C27H23N5O2/c1-16-11-12-22-21(13-16)27(34)32(17(2)29-22)30-15-23(18-7-4-3-5-8-18)31-24(28)14-19-9-6-10-20(25(19)31)26(30)33/h3-5,7-8,10-15H,6,9,28H2,1-2H3. The van der Waals surface area contributed by atoms with Gasteiger partial charge in [0.1, 0.15) is 11.6 Å². The number of fused-ring (bicyclic) bond motifs is 1. The van der Waals surface area contributed by atoms with Gasteiger partial charge in [0.15, 0.2) is 0 Å². The van der Waals surface area contributed by atoms with Crippen LogP contribution in [0, 0.1) is 13.8 Å². The number of aryl methyl sites for hydroxylation is 3. The van der Waals surface area contributed by atoms with Gasteiger partial charge in [0.2, 0.25) is 0 Å². The topological polar surface area (TPSA) is 86.2 Å². The summed E-state index contributed by atoms with van der Waals surface area (Å²) in [7, 11) is 0. The lowest BCUT2D eigenvalue weighted by molar-refractivity contribution is -0.114. The molecule has 4 aromatic rings. The van der Waals surface area contributed by atoms with Crippen molar-refractivity contribution in [3.05, 3.63) is 105 Å². The Morgan fingerprint density at radius 2 is 1.79 bits per heavy atom. The molecule has 3 heterocycles. The lowest BCUT2D eigenvalue weighted by atomic mass is 9.96. The SMILES string of the molecule is Cc1ccc2nc(C)n(N3C=C(c4ccccc4)n4c(N)cc5c4C(=CCC5)C3=O)c(=O)c2c1. The summed E-state index contributed by atoms with van der Waals surface area (Å²) < 4.78 is 3.29. The molecule has 0 fully saturated rings. The molecule has 0 atom stereocenters. The molecule has 34 heavy (non-hydrogen) atoms. The van der Waals surface area contributed by atoms with E-state index in [-0.39, 0.29) is 11.5 Å². The summed E-state index contributed by atoms with van der Waals surface area (Å²) in [6, 6.07) is 17.3. The Labute approximate surface area is 196 Å². The van der Waals surface area contributed by atoms with Crippen LogP contribution in [-0.4, -0.2) is 20.1 Å². The molecule has 2 N–H and O–H groups in total. The number of nitrogens with zero attached hydrogens (tertiary/aromatic N) is 4. The predicted octanol–water partition coefficient (Wildman–Crippen LogP) is 3.75. The van der Waals surface area contributed by atoms with Gasteiger partial charge in [-0.15, -0.1) is 0 Å². The Hall–Kier alpha value is -4.39. The van der Waals surface area contributed by atoms with Crippen molar-refractivity contribution >= 4 is 33.9 Å². The maximum atomic E-state index is 14.0. The summed E-state index contributed by atoms with van der Waals surface area (Å²) in [6.45, 7) is 3.67. The molecule has 1 amide bonds. The number of rotatable bonds is 2. The monoisotopic (exact) mass is 449 g/mol. The molecule has 0 radical (unpaired) electrons.